The van der Waals surface area contributed by atoms with E-state index in [1.54, 1.807) is 19.3 Å². The number of carbonyl (C=O) groups excluding carboxylic acids is 1. The Morgan fingerprint density at radius 1 is 1.19 bits per heavy atom. The van der Waals surface area contributed by atoms with Gasteiger partial charge < -0.3 is 15.4 Å². The number of nitrogens with zero attached hydrogens (tertiary/aromatic N) is 1. The summed E-state index contributed by atoms with van der Waals surface area (Å²) >= 11 is 6.86. The van der Waals surface area contributed by atoms with Crippen LogP contribution in [0, 0.1) is 0 Å². The van der Waals surface area contributed by atoms with E-state index in [0.29, 0.717) is 28.8 Å². The van der Waals surface area contributed by atoms with Crippen molar-refractivity contribution in [3.63, 3.8) is 0 Å². The number of benzene rings is 1. The van der Waals surface area contributed by atoms with Gasteiger partial charge in [-0.1, -0.05) is 30.3 Å². The normalized spacial score (nSPS) is 10.3. The standard InChI is InChI=1S/C20H19N3O2S2/c1-2-25-19(24)16-12-17(15-6-4-3-5-7-15)27-18(16)23-20(26)22-13-14-8-10-21-11-9-14/h3-12H,2,13H2,1H3,(H2,22,23,26). The zero-order valence-corrected chi connectivity index (χ0v) is 16.4. The van der Waals surface area contributed by atoms with Gasteiger partial charge in [0.15, 0.2) is 5.11 Å². The molecular weight excluding hydrogens is 378 g/mol. The molecule has 0 saturated heterocycles. The first-order chi connectivity index (χ1) is 13.2. The number of thiophene rings is 1. The van der Waals surface area contributed by atoms with Crippen LogP contribution >= 0.6 is 23.6 Å². The van der Waals surface area contributed by atoms with Crippen molar-refractivity contribution in [2.24, 2.45) is 0 Å². The van der Waals surface area contributed by atoms with Crippen LogP contribution in [-0.2, 0) is 11.3 Å². The lowest BCUT2D eigenvalue weighted by molar-refractivity contribution is 0.0528. The van der Waals surface area contributed by atoms with E-state index in [-0.39, 0.29) is 5.97 Å². The second-order valence-corrected chi connectivity index (χ2v) is 7.06. The summed E-state index contributed by atoms with van der Waals surface area (Å²) in [7, 11) is 0. The quantitative estimate of drug-likeness (QED) is 0.473. The maximum atomic E-state index is 12.3. The Labute approximate surface area is 167 Å². The van der Waals surface area contributed by atoms with Crippen molar-refractivity contribution in [3.05, 3.63) is 72.1 Å². The summed E-state index contributed by atoms with van der Waals surface area (Å²) in [4.78, 5) is 17.3. The van der Waals surface area contributed by atoms with Crippen molar-refractivity contribution in [1.82, 2.24) is 10.3 Å². The minimum Gasteiger partial charge on any atom is -0.462 e. The monoisotopic (exact) mass is 397 g/mol. The molecule has 2 N–H and O–H groups in total. The highest BCUT2D eigenvalue weighted by Gasteiger charge is 2.19. The maximum absolute atomic E-state index is 12.3. The molecule has 0 radical (unpaired) electrons. The fourth-order valence-electron chi connectivity index (χ4n) is 2.42. The second-order valence-electron chi connectivity index (χ2n) is 5.60. The molecule has 0 atom stereocenters. The highest BCUT2D eigenvalue weighted by atomic mass is 32.1. The number of anilines is 1. The molecule has 2 aromatic heterocycles. The van der Waals surface area contributed by atoms with Gasteiger partial charge in [0.2, 0.25) is 0 Å². The van der Waals surface area contributed by atoms with E-state index >= 15 is 0 Å². The van der Waals surface area contributed by atoms with Gasteiger partial charge in [-0.25, -0.2) is 4.79 Å². The molecule has 0 aliphatic rings. The summed E-state index contributed by atoms with van der Waals surface area (Å²) < 4.78 is 5.19. The van der Waals surface area contributed by atoms with E-state index in [0.717, 1.165) is 16.0 Å². The lowest BCUT2D eigenvalue weighted by Crippen LogP contribution is -2.28. The van der Waals surface area contributed by atoms with Crippen LogP contribution in [0.1, 0.15) is 22.8 Å². The summed E-state index contributed by atoms with van der Waals surface area (Å²) in [6, 6.07) is 15.6. The molecule has 7 heteroatoms. The summed E-state index contributed by atoms with van der Waals surface area (Å²) in [5.74, 6) is -0.365. The van der Waals surface area contributed by atoms with Crippen LogP contribution in [0.4, 0.5) is 5.00 Å². The van der Waals surface area contributed by atoms with Crippen molar-refractivity contribution < 1.29 is 9.53 Å². The van der Waals surface area contributed by atoms with E-state index in [9.17, 15) is 4.79 Å². The Kier molecular flexibility index (Phi) is 6.51. The summed E-state index contributed by atoms with van der Waals surface area (Å²) in [5.41, 5.74) is 2.58. The number of nitrogens with one attached hydrogen (secondary N) is 2. The minimum absolute atomic E-state index is 0.319. The zero-order valence-electron chi connectivity index (χ0n) is 14.8. The largest absolute Gasteiger partial charge is 0.462 e. The van der Waals surface area contributed by atoms with Gasteiger partial charge >= 0.3 is 5.97 Å². The molecule has 5 nitrogen and oxygen atoms in total. The van der Waals surface area contributed by atoms with Crippen molar-refractivity contribution in [2.75, 3.05) is 11.9 Å². The van der Waals surface area contributed by atoms with Crippen molar-refractivity contribution in [3.8, 4) is 10.4 Å². The van der Waals surface area contributed by atoms with Gasteiger partial charge in [-0.3, -0.25) is 4.98 Å². The van der Waals surface area contributed by atoms with Crippen molar-refractivity contribution in [1.29, 1.82) is 0 Å². The van der Waals surface area contributed by atoms with Crippen LogP contribution in [0.25, 0.3) is 10.4 Å². The van der Waals surface area contributed by atoms with Crippen LogP contribution in [0.15, 0.2) is 60.9 Å². The molecule has 3 rings (SSSR count). The lowest BCUT2D eigenvalue weighted by atomic mass is 10.1. The Morgan fingerprint density at radius 3 is 2.63 bits per heavy atom. The van der Waals surface area contributed by atoms with Crippen LogP contribution in [0.3, 0.4) is 0 Å². The smallest absolute Gasteiger partial charge is 0.341 e. The zero-order chi connectivity index (χ0) is 19.1. The van der Waals surface area contributed by atoms with E-state index in [1.165, 1.54) is 11.3 Å². The van der Waals surface area contributed by atoms with Gasteiger partial charge in [0.05, 0.1) is 12.2 Å². The molecule has 27 heavy (non-hydrogen) atoms. The Bertz CT molecular complexity index is 911. The van der Waals surface area contributed by atoms with Crippen LogP contribution in [-0.4, -0.2) is 22.7 Å². The number of esters is 1. The fraction of sp³-hybridized carbons (Fsp3) is 0.150. The molecule has 0 unspecified atom stereocenters. The maximum Gasteiger partial charge on any atom is 0.341 e. The van der Waals surface area contributed by atoms with Gasteiger partial charge in [0.1, 0.15) is 5.00 Å². The minimum atomic E-state index is -0.365. The lowest BCUT2D eigenvalue weighted by Gasteiger charge is -2.10. The van der Waals surface area contributed by atoms with Gasteiger partial charge in [-0.2, -0.15) is 0 Å². The molecule has 0 aliphatic carbocycles. The van der Waals surface area contributed by atoms with E-state index in [2.05, 4.69) is 15.6 Å². The molecule has 0 aliphatic heterocycles. The topological polar surface area (TPSA) is 63.2 Å². The molecular formula is C20H19N3O2S2. The van der Waals surface area contributed by atoms with Crippen LogP contribution in [0.5, 0.6) is 0 Å². The fourth-order valence-corrected chi connectivity index (χ4v) is 3.71. The Morgan fingerprint density at radius 2 is 1.93 bits per heavy atom. The number of pyridine rings is 1. The highest BCUT2D eigenvalue weighted by Crippen LogP contribution is 2.35. The number of rotatable bonds is 6. The SMILES string of the molecule is CCOC(=O)c1cc(-c2ccccc2)sc1NC(=S)NCc1ccncc1. The van der Waals surface area contributed by atoms with Gasteiger partial charge in [-0.05, 0) is 48.5 Å². The molecule has 0 bridgehead atoms. The molecule has 2 heterocycles. The third-order valence-electron chi connectivity index (χ3n) is 3.72. The van der Waals surface area contributed by atoms with Gasteiger partial charge in [-0.15, -0.1) is 11.3 Å². The molecule has 3 aromatic rings. The van der Waals surface area contributed by atoms with Crippen LogP contribution < -0.4 is 10.6 Å². The highest BCUT2D eigenvalue weighted by molar-refractivity contribution is 7.80. The average Bonchev–Trinajstić information content (AvgIpc) is 3.12. The molecule has 0 fully saturated rings. The third-order valence-corrected chi connectivity index (χ3v) is 5.06. The Balaban J connectivity index is 1.77. The third kappa shape index (κ3) is 5.12. The Hall–Kier alpha value is -2.77. The van der Waals surface area contributed by atoms with Crippen LogP contribution in [0.2, 0.25) is 0 Å². The molecule has 0 amide bonds. The first kappa shape index (κ1) is 19.0. The molecule has 1 aromatic carbocycles. The van der Waals surface area contributed by atoms with Gasteiger partial charge in [0.25, 0.3) is 0 Å². The second kappa shape index (κ2) is 9.25. The molecule has 138 valence electrons. The number of hydrogen-bond acceptors (Lipinski definition) is 5. The van der Waals surface area contributed by atoms with Gasteiger partial charge in [0, 0.05) is 23.8 Å². The predicted octanol–water partition coefficient (Wildman–Crippen LogP) is 4.47. The van der Waals surface area contributed by atoms with E-state index < -0.39 is 0 Å². The first-order valence-corrected chi connectivity index (χ1v) is 9.70. The molecule has 0 saturated carbocycles. The van der Waals surface area contributed by atoms with E-state index in [1.807, 2.05) is 48.5 Å². The predicted molar refractivity (Wildman–Crippen MR) is 113 cm³/mol. The number of thiocarbonyl (C=S) groups is 1. The number of aromatic nitrogens is 1. The summed E-state index contributed by atoms with van der Waals surface area (Å²) in [6.07, 6.45) is 3.47. The number of hydrogen-bond donors (Lipinski definition) is 2. The molecule has 0 spiro atoms. The van der Waals surface area contributed by atoms with Crippen molar-refractivity contribution >= 4 is 39.6 Å². The average molecular weight is 398 g/mol. The summed E-state index contributed by atoms with van der Waals surface area (Å²) in [5, 5.41) is 7.38. The van der Waals surface area contributed by atoms with Crippen molar-refractivity contribution in [2.45, 2.75) is 13.5 Å². The number of carbonyl (C=O) groups is 1. The summed E-state index contributed by atoms with van der Waals surface area (Å²) in [6.45, 7) is 2.68. The van der Waals surface area contributed by atoms with E-state index in [4.69, 9.17) is 17.0 Å². The first-order valence-electron chi connectivity index (χ1n) is 8.47. The number of ether oxygens (including phenoxy) is 1.